The third kappa shape index (κ3) is 3.21. The van der Waals surface area contributed by atoms with Crippen molar-refractivity contribution in [3.05, 3.63) is 129 Å². The number of imide groups is 1. The second-order valence-corrected chi connectivity index (χ2v) is 10.7. The zero-order chi connectivity index (χ0) is 26.1. The van der Waals surface area contributed by atoms with Crippen molar-refractivity contribution in [3.63, 3.8) is 0 Å². The van der Waals surface area contributed by atoms with Crippen molar-refractivity contribution in [2.75, 3.05) is 10.2 Å². The molecule has 1 heterocycles. The Bertz CT molecular complexity index is 1560. The lowest BCUT2D eigenvalue weighted by Crippen LogP contribution is -2.41. The number of hydrogen-bond donors (Lipinski definition) is 1. The summed E-state index contributed by atoms with van der Waals surface area (Å²) in [6, 6.07) is 28.4. The van der Waals surface area contributed by atoms with Gasteiger partial charge in [0.05, 0.1) is 17.5 Å². The van der Waals surface area contributed by atoms with Gasteiger partial charge in [-0.2, -0.15) is 0 Å². The molecule has 3 amide bonds. The molecule has 1 N–H and O–H groups in total. The van der Waals surface area contributed by atoms with Gasteiger partial charge in [0.1, 0.15) is 0 Å². The van der Waals surface area contributed by atoms with Crippen molar-refractivity contribution in [1.82, 2.24) is 0 Å². The maximum Gasteiger partial charge on any atom is 0.255 e. The molecular formula is C32H23ClN2O3. The quantitative estimate of drug-likeness (QED) is 0.324. The number of benzene rings is 4. The lowest BCUT2D eigenvalue weighted by molar-refractivity contribution is -0.122. The van der Waals surface area contributed by atoms with Gasteiger partial charge < -0.3 is 5.32 Å². The molecule has 0 aromatic heterocycles. The third-order valence-corrected chi connectivity index (χ3v) is 8.65. The predicted octanol–water partition coefficient (Wildman–Crippen LogP) is 6.30. The van der Waals surface area contributed by atoms with E-state index < -0.39 is 11.8 Å². The fourth-order valence-corrected chi connectivity index (χ4v) is 6.77. The van der Waals surface area contributed by atoms with E-state index in [1.165, 1.54) is 4.90 Å². The van der Waals surface area contributed by atoms with E-state index in [4.69, 9.17) is 11.6 Å². The van der Waals surface area contributed by atoms with Crippen LogP contribution in [0, 0.1) is 18.8 Å². The molecule has 0 radical (unpaired) electrons. The highest BCUT2D eigenvalue weighted by Gasteiger charge is 2.61. The average molecular weight is 519 g/mol. The Morgan fingerprint density at radius 2 is 1.29 bits per heavy atom. The summed E-state index contributed by atoms with van der Waals surface area (Å²) >= 11 is 6.21. The Kier molecular flexibility index (Phi) is 5.07. The molecule has 4 aliphatic rings. The van der Waals surface area contributed by atoms with Gasteiger partial charge in [-0.3, -0.25) is 14.4 Å². The first-order chi connectivity index (χ1) is 18.4. The monoisotopic (exact) mass is 518 g/mol. The highest BCUT2D eigenvalue weighted by atomic mass is 35.5. The van der Waals surface area contributed by atoms with Crippen molar-refractivity contribution in [3.8, 4) is 0 Å². The van der Waals surface area contributed by atoms with Crippen LogP contribution in [-0.4, -0.2) is 17.7 Å². The van der Waals surface area contributed by atoms with Gasteiger partial charge >= 0.3 is 0 Å². The molecule has 2 bridgehead atoms. The summed E-state index contributed by atoms with van der Waals surface area (Å²) in [7, 11) is 0. The maximum atomic E-state index is 14.0. The van der Waals surface area contributed by atoms with E-state index in [0.717, 1.165) is 27.8 Å². The van der Waals surface area contributed by atoms with E-state index in [-0.39, 0.29) is 29.6 Å². The van der Waals surface area contributed by atoms with Crippen LogP contribution < -0.4 is 10.2 Å². The number of amides is 3. The minimum atomic E-state index is -0.468. The van der Waals surface area contributed by atoms with E-state index in [1.807, 2.05) is 37.3 Å². The summed E-state index contributed by atoms with van der Waals surface area (Å²) in [6.45, 7) is 1.89. The average Bonchev–Trinajstić information content (AvgIpc) is 3.21. The number of nitrogens with one attached hydrogen (secondary N) is 1. The first-order valence-corrected chi connectivity index (χ1v) is 13.0. The van der Waals surface area contributed by atoms with E-state index in [0.29, 0.717) is 22.0 Å². The van der Waals surface area contributed by atoms with Gasteiger partial charge in [-0.1, -0.05) is 72.3 Å². The molecule has 3 aliphatic carbocycles. The second kappa shape index (κ2) is 8.40. The highest BCUT2D eigenvalue weighted by molar-refractivity contribution is 6.31. The van der Waals surface area contributed by atoms with Crippen molar-refractivity contribution >= 4 is 40.7 Å². The van der Waals surface area contributed by atoms with Crippen LogP contribution in [0.4, 0.5) is 11.4 Å². The molecule has 0 saturated carbocycles. The Morgan fingerprint density at radius 3 is 1.82 bits per heavy atom. The van der Waals surface area contributed by atoms with Crippen LogP contribution in [0.15, 0.2) is 91.0 Å². The molecule has 4 aromatic rings. The standard InChI is InChI=1S/C32H23ClN2O3/c1-17-13-14-19(16-25(17)33)34-30(36)18-7-6-8-20(15-18)35-31(37)28-26-21-9-2-3-10-22(21)27(29(28)32(35)38)24-12-5-4-11-23(24)26/h2-16,26-29H,1H3,(H,34,36)/t26?,27?,28-,29-/m1/s1. The van der Waals surface area contributed by atoms with E-state index >= 15 is 0 Å². The zero-order valence-corrected chi connectivity index (χ0v) is 21.3. The first-order valence-electron chi connectivity index (χ1n) is 12.7. The number of anilines is 2. The van der Waals surface area contributed by atoms with Crippen LogP contribution in [0.5, 0.6) is 0 Å². The summed E-state index contributed by atoms with van der Waals surface area (Å²) < 4.78 is 0. The molecule has 2 atom stereocenters. The van der Waals surface area contributed by atoms with E-state index in [2.05, 4.69) is 29.6 Å². The molecule has 1 saturated heterocycles. The van der Waals surface area contributed by atoms with Crippen molar-refractivity contribution in [1.29, 1.82) is 0 Å². The molecule has 38 heavy (non-hydrogen) atoms. The topological polar surface area (TPSA) is 66.5 Å². The zero-order valence-electron chi connectivity index (χ0n) is 20.5. The summed E-state index contributed by atoms with van der Waals surface area (Å²) in [5.74, 6) is -2.03. The number of carbonyl (C=O) groups is 3. The fourth-order valence-electron chi connectivity index (χ4n) is 6.59. The van der Waals surface area contributed by atoms with Crippen molar-refractivity contribution in [2.45, 2.75) is 18.8 Å². The molecule has 1 aliphatic heterocycles. The smallest absolute Gasteiger partial charge is 0.255 e. The Balaban J connectivity index is 1.25. The summed E-state index contributed by atoms with van der Waals surface area (Å²) in [6.07, 6.45) is 0. The van der Waals surface area contributed by atoms with Crippen LogP contribution >= 0.6 is 11.6 Å². The molecule has 6 heteroatoms. The third-order valence-electron chi connectivity index (χ3n) is 8.24. The SMILES string of the molecule is Cc1ccc(NC(=O)c2cccc(N3C(=O)[C@@H]4C5c6ccccc6C(c6ccccc65)[C@H]4C3=O)c2)cc1Cl. The van der Waals surface area contributed by atoms with Gasteiger partial charge in [0.25, 0.3) is 5.91 Å². The molecule has 0 spiro atoms. The van der Waals surface area contributed by atoms with Gasteiger partial charge in [0.2, 0.25) is 11.8 Å². The van der Waals surface area contributed by atoms with Crippen LogP contribution in [-0.2, 0) is 9.59 Å². The largest absolute Gasteiger partial charge is 0.322 e. The van der Waals surface area contributed by atoms with Gasteiger partial charge in [-0.25, -0.2) is 4.90 Å². The first kappa shape index (κ1) is 22.9. The van der Waals surface area contributed by atoms with Gasteiger partial charge in [0, 0.05) is 28.1 Å². The van der Waals surface area contributed by atoms with Crippen LogP contribution in [0.2, 0.25) is 5.02 Å². The van der Waals surface area contributed by atoms with Crippen LogP contribution in [0.25, 0.3) is 0 Å². The number of nitrogens with zero attached hydrogens (tertiary/aromatic N) is 1. The number of hydrogen-bond acceptors (Lipinski definition) is 3. The molecular weight excluding hydrogens is 496 g/mol. The maximum absolute atomic E-state index is 14.0. The van der Waals surface area contributed by atoms with Crippen LogP contribution in [0.1, 0.15) is 50.0 Å². The van der Waals surface area contributed by atoms with E-state index in [9.17, 15) is 14.4 Å². The molecule has 8 rings (SSSR count). The minimum Gasteiger partial charge on any atom is -0.322 e. The number of aryl methyl sites for hydroxylation is 1. The van der Waals surface area contributed by atoms with Crippen molar-refractivity contribution in [2.24, 2.45) is 11.8 Å². The van der Waals surface area contributed by atoms with Gasteiger partial charge in [0.15, 0.2) is 0 Å². The number of halogens is 1. The van der Waals surface area contributed by atoms with Gasteiger partial charge in [-0.15, -0.1) is 0 Å². The Hall–Kier alpha value is -4.22. The normalized spacial score (nSPS) is 22.6. The fraction of sp³-hybridized carbons (Fsp3) is 0.156. The van der Waals surface area contributed by atoms with Gasteiger partial charge in [-0.05, 0) is 65.1 Å². The number of carbonyl (C=O) groups excluding carboxylic acids is 3. The molecule has 186 valence electrons. The Labute approximate surface area is 225 Å². The van der Waals surface area contributed by atoms with Crippen molar-refractivity contribution < 1.29 is 14.4 Å². The molecule has 0 unspecified atom stereocenters. The summed E-state index contributed by atoms with van der Waals surface area (Å²) in [5.41, 5.74) is 6.77. The highest BCUT2D eigenvalue weighted by Crippen LogP contribution is 2.61. The summed E-state index contributed by atoms with van der Waals surface area (Å²) in [5, 5.41) is 3.41. The Morgan fingerprint density at radius 1 is 0.737 bits per heavy atom. The van der Waals surface area contributed by atoms with E-state index in [1.54, 1.807) is 36.4 Å². The molecule has 1 fully saturated rings. The molecule has 4 aromatic carbocycles. The summed E-state index contributed by atoms with van der Waals surface area (Å²) in [4.78, 5) is 42.3. The second-order valence-electron chi connectivity index (χ2n) is 10.2. The lowest BCUT2D eigenvalue weighted by Gasteiger charge is -2.45. The minimum absolute atomic E-state index is 0.170. The molecule has 5 nitrogen and oxygen atoms in total. The lowest BCUT2D eigenvalue weighted by atomic mass is 9.55. The number of rotatable bonds is 3. The van der Waals surface area contributed by atoms with Crippen LogP contribution in [0.3, 0.4) is 0 Å². The predicted molar refractivity (Wildman–Crippen MR) is 147 cm³/mol.